The van der Waals surface area contributed by atoms with Crippen molar-refractivity contribution in [1.29, 1.82) is 0 Å². The van der Waals surface area contributed by atoms with Gasteiger partial charge in [-0.2, -0.15) is 0 Å². The number of hydrogen-bond acceptors (Lipinski definition) is 5. The highest BCUT2D eigenvalue weighted by molar-refractivity contribution is 7.11. The van der Waals surface area contributed by atoms with Gasteiger partial charge in [0.25, 0.3) is 5.91 Å². The molecule has 1 atom stereocenters. The van der Waals surface area contributed by atoms with Gasteiger partial charge >= 0.3 is 5.97 Å². The van der Waals surface area contributed by atoms with E-state index in [4.69, 9.17) is 4.74 Å². The van der Waals surface area contributed by atoms with Crippen molar-refractivity contribution in [2.24, 2.45) is 5.92 Å². The molecule has 0 aromatic carbocycles. The third-order valence-corrected chi connectivity index (χ3v) is 3.49. The van der Waals surface area contributed by atoms with Gasteiger partial charge in [0.2, 0.25) is 0 Å². The summed E-state index contributed by atoms with van der Waals surface area (Å²) in [7, 11) is 0. The van der Waals surface area contributed by atoms with Crippen molar-refractivity contribution in [2.45, 2.75) is 53.2 Å². The fraction of sp³-hybridized carbons (Fsp3) is 0.643. The lowest BCUT2D eigenvalue weighted by Gasteiger charge is -2.26. The summed E-state index contributed by atoms with van der Waals surface area (Å²) in [5, 5.41) is 2.74. The maximum atomic E-state index is 12.2. The topological polar surface area (TPSA) is 68.3 Å². The Balaban J connectivity index is 2.81. The van der Waals surface area contributed by atoms with E-state index in [1.54, 1.807) is 33.2 Å². The summed E-state index contributed by atoms with van der Waals surface area (Å²) in [5.41, 5.74) is 1.71. The van der Waals surface area contributed by atoms with Crippen molar-refractivity contribution in [3.63, 3.8) is 0 Å². The minimum absolute atomic E-state index is 0.0537. The molecular formula is C14H22N2O3S. The first-order valence-corrected chi connectivity index (χ1v) is 7.43. The molecule has 0 bridgehead atoms. The molecule has 0 spiro atoms. The maximum Gasteiger partial charge on any atom is 0.329 e. The van der Waals surface area contributed by atoms with E-state index in [0.717, 1.165) is 0 Å². The second-order valence-electron chi connectivity index (χ2n) is 6.00. The molecule has 112 valence electrons. The summed E-state index contributed by atoms with van der Waals surface area (Å²) >= 11 is 1.26. The molecule has 1 N–H and O–H groups in total. The van der Waals surface area contributed by atoms with Crippen LogP contribution in [0.2, 0.25) is 0 Å². The predicted octanol–water partition coefficient (Wildman–Crippen LogP) is 2.55. The molecule has 0 aliphatic heterocycles. The van der Waals surface area contributed by atoms with E-state index in [-0.39, 0.29) is 11.8 Å². The van der Waals surface area contributed by atoms with E-state index in [0.29, 0.717) is 10.6 Å². The van der Waals surface area contributed by atoms with E-state index >= 15 is 0 Å². The lowest BCUT2D eigenvalue weighted by atomic mass is 10.0. The Kier molecular flexibility index (Phi) is 5.28. The molecule has 1 rings (SSSR count). The first-order valence-electron chi connectivity index (χ1n) is 6.55. The molecule has 20 heavy (non-hydrogen) atoms. The second kappa shape index (κ2) is 6.35. The number of aryl methyl sites for hydroxylation is 1. The van der Waals surface area contributed by atoms with E-state index in [2.05, 4.69) is 10.3 Å². The number of amides is 1. The monoisotopic (exact) mass is 298 g/mol. The number of ether oxygens (including phenoxy) is 1. The Bertz CT molecular complexity index is 489. The zero-order valence-corrected chi connectivity index (χ0v) is 13.6. The van der Waals surface area contributed by atoms with Crippen LogP contribution in [0.15, 0.2) is 5.51 Å². The molecular weight excluding hydrogens is 276 g/mol. The molecule has 0 radical (unpaired) electrons. The average Bonchev–Trinajstić information content (AvgIpc) is 2.69. The van der Waals surface area contributed by atoms with E-state index in [1.807, 2.05) is 13.8 Å². The highest BCUT2D eigenvalue weighted by Crippen LogP contribution is 2.15. The lowest BCUT2D eigenvalue weighted by molar-refractivity contribution is -0.158. The lowest BCUT2D eigenvalue weighted by Crippen LogP contribution is -2.47. The summed E-state index contributed by atoms with van der Waals surface area (Å²) in [6.45, 7) is 10.9. The largest absolute Gasteiger partial charge is 0.458 e. The van der Waals surface area contributed by atoms with Crippen molar-refractivity contribution in [3.05, 3.63) is 16.1 Å². The van der Waals surface area contributed by atoms with Crippen LogP contribution in [0.4, 0.5) is 0 Å². The fourth-order valence-electron chi connectivity index (χ4n) is 1.59. The van der Waals surface area contributed by atoms with Gasteiger partial charge in [0.1, 0.15) is 16.5 Å². The van der Waals surface area contributed by atoms with Gasteiger partial charge in [-0.25, -0.2) is 9.78 Å². The summed E-state index contributed by atoms with van der Waals surface area (Å²) in [6.07, 6.45) is 0. The molecule has 1 amide bonds. The number of carbonyl (C=O) groups excluding carboxylic acids is 2. The van der Waals surface area contributed by atoms with Crippen LogP contribution >= 0.6 is 11.3 Å². The van der Waals surface area contributed by atoms with E-state index < -0.39 is 17.6 Å². The molecule has 0 aliphatic carbocycles. The minimum Gasteiger partial charge on any atom is -0.458 e. The standard InChI is InChI=1S/C14H22N2O3S/c1-8(2)10(13(18)19-14(4,5)6)16-12(17)11-9(3)15-7-20-11/h7-8,10H,1-6H3,(H,16,17)/t10-/m0/s1. The van der Waals surface area contributed by atoms with Gasteiger partial charge in [0.05, 0.1) is 11.2 Å². The molecule has 0 saturated carbocycles. The van der Waals surface area contributed by atoms with Gasteiger partial charge < -0.3 is 10.1 Å². The van der Waals surface area contributed by atoms with Crippen LogP contribution in [-0.2, 0) is 9.53 Å². The van der Waals surface area contributed by atoms with Gasteiger partial charge in [0.15, 0.2) is 0 Å². The number of nitrogens with one attached hydrogen (secondary N) is 1. The molecule has 1 aromatic rings. The first-order chi connectivity index (χ1) is 9.11. The smallest absolute Gasteiger partial charge is 0.329 e. The van der Waals surface area contributed by atoms with Crippen molar-refractivity contribution in [3.8, 4) is 0 Å². The Hall–Kier alpha value is -1.43. The van der Waals surface area contributed by atoms with Gasteiger partial charge in [-0.15, -0.1) is 11.3 Å². The first kappa shape index (κ1) is 16.6. The van der Waals surface area contributed by atoms with Crippen molar-refractivity contribution in [2.75, 3.05) is 0 Å². The third kappa shape index (κ3) is 4.59. The molecule has 5 nitrogen and oxygen atoms in total. The Morgan fingerprint density at radius 3 is 2.35 bits per heavy atom. The fourth-order valence-corrected chi connectivity index (χ4v) is 2.30. The second-order valence-corrected chi connectivity index (χ2v) is 6.85. The quantitative estimate of drug-likeness (QED) is 0.867. The van der Waals surface area contributed by atoms with Crippen LogP contribution in [0.25, 0.3) is 0 Å². The summed E-state index contributed by atoms with van der Waals surface area (Å²) in [4.78, 5) is 28.9. The van der Waals surface area contributed by atoms with Crippen molar-refractivity contribution < 1.29 is 14.3 Å². The zero-order chi connectivity index (χ0) is 15.5. The molecule has 0 fully saturated rings. The normalized spacial score (nSPS) is 13.2. The summed E-state index contributed by atoms with van der Waals surface area (Å²) < 4.78 is 5.34. The van der Waals surface area contributed by atoms with Gasteiger partial charge in [-0.1, -0.05) is 13.8 Å². The summed E-state index contributed by atoms with van der Waals surface area (Å²) in [5.74, 6) is -0.750. The van der Waals surface area contributed by atoms with E-state index in [1.165, 1.54) is 11.3 Å². The van der Waals surface area contributed by atoms with Crippen LogP contribution in [0, 0.1) is 12.8 Å². The third-order valence-electron chi connectivity index (χ3n) is 2.57. The minimum atomic E-state index is -0.664. The average molecular weight is 298 g/mol. The summed E-state index contributed by atoms with van der Waals surface area (Å²) in [6, 6.07) is -0.664. The molecule has 6 heteroatoms. The van der Waals surface area contributed by atoms with Crippen LogP contribution in [0.5, 0.6) is 0 Å². The van der Waals surface area contributed by atoms with Gasteiger partial charge in [-0.3, -0.25) is 4.79 Å². The Morgan fingerprint density at radius 2 is 1.95 bits per heavy atom. The highest BCUT2D eigenvalue weighted by Gasteiger charge is 2.30. The predicted molar refractivity (Wildman–Crippen MR) is 78.8 cm³/mol. The van der Waals surface area contributed by atoms with Crippen LogP contribution in [0.1, 0.15) is 50.0 Å². The molecule has 1 heterocycles. The van der Waals surface area contributed by atoms with E-state index in [9.17, 15) is 9.59 Å². The van der Waals surface area contributed by atoms with Crippen molar-refractivity contribution in [1.82, 2.24) is 10.3 Å². The van der Waals surface area contributed by atoms with Crippen LogP contribution in [-0.4, -0.2) is 28.5 Å². The number of nitrogens with zero attached hydrogens (tertiary/aromatic N) is 1. The molecule has 0 saturated heterocycles. The maximum absolute atomic E-state index is 12.2. The Labute approximate surface area is 123 Å². The number of carbonyl (C=O) groups is 2. The number of aromatic nitrogens is 1. The van der Waals surface area contributed by atoms with Crippen LogP contribution in [0.3, 0.4) is 0 Å². The SMILES string of the molecule is Cc1ncsc1C(=O)N[C@H](C(=O)OC(C)(C)C)C(C)C. The number of esters is 1. The van der Waals surface area contributed by atoms with Crippen LogP contribution < -0.4 is 5.32 Å². The highest BCUT2D eigenvalue weighted by atomic mass is 32.1. The molecule has 1 aromatic heterocycles. The van der Waals surface area contributed by atoms with Gasteiger partial charge in [-0.05, 0) is 33.6 Å². The molecule has 0 aliphatic rings. The van der Waals surface area contributed by atoms with Gasteiger partial charge in [0, 0.05) is 0 Å². The van der Waals surface area contributed by atoms with Crippen molar-refractivity contribution >= 4 is 23.2 Å². The zero-order valence-electron chi connectivity index (χ0n) is 12.8. The number of hydrogen-bond donors (Lipinski definition) is 1. The molecule has 0 unspecified atom stereocenters. The Morgan fingerprint density at radius 1 is 1.35 bits per heavy atom. The number of thiazole rings is 1. The number of rotatable bonds is 4.